The molecule has 2 aromatic heterocycles. The van der Waals surface area contributed by atoms with Crippen LogP contribution in [0.2, 0.25) is 0 Å². The second-order valence-electron chi connectivity index (χ2n) is 5.05. The maximum Gasteiger partial charge on any atom is 0.578 e. The fraction of sp³-hybridized carbons (Fsp3) is 0.200. The van der Waals surface area contributed by atoms with E-state index in [4.69, 9.17) is 4.42 Å². The van der Waals surface area contributed by atoms with Gasteiger partial charge < -0.3 is 8.97 Å². The summed E-state index contributed by atoms with van der Waals surface area (Å²) in [6.45, 7) is 1.46. The average molecular weight is 403 g/mol. The minimum absolute atomic E-state index is 0.00424. The summed E-state index contributed by atoms with van der Waals surface area (Å²) >= 11 is -3.21. The lowest BCUT2D eigenvalue weighted by Crippen LogP contribution is -2.23. The fourth-order valence-corrected chi connectivity index (χ4v) is 3.83. The molecule has 1 radical (unpaired) electrons. The molecule has 0 spiro atoms. The van der Waals surface area contributed by atoms with Gasteiger partial charge in [0.15, 0.2) is 20.3 Å². The molecule has 11 heteroatoms. The molecule has 0 aliphatic carbocycles. The molecule has 6 nitrogen and oxygen atoms in total. The molecular formula is C15H10F3N2O4S2. The maximum absolute atomic E-state index is 12.6. The van der Waals surface area contributed by atoms with E-state index < -0.39 is 31.4 Å². The molecule has 3 rings (SSSR count). The summed E-state index contributed by atoms with van der Waals surface area (Å²) in [6, 6.07) is 6.96. The standard InChI is InChI=1S/C15H10F3N2O4S2/c1-2-26(22,23)12-4-3-7-19-13(12)14-20-10-8-9(5-6-11(10)24-14)25(21)15(16,17)18/h4-8H,2H2,1H3. The average Bonchev–Trinajstić information content (AvgIpc) is 3.03. The van der Waals surface area contributed by atoms with Crippen LogP contribution in [0.3, 0.4) is 0 Å². The molecular weight excluding hydrogens is 393 g/mol. The number of rotatable bonds is 4. The quantitative estimate of drug-likeness (QED) is 0.621. The Bertz CT molecular complexity index is 1060. The van der Waals surface area contributed by atoms with Crippen LogP contribution in [0.4, 0.5) is 13.2 Å². The maximum atomic E-state index is 12.6. The van der Waals surface area contributed by atoms with Gasteiger partial charge in [0.05, 0.1) is 21.8 Å². The monoisotopic (exact) mass is 403 g/mol. The number of pyridine rings is 1. The van der Waals surface area contributed by atoms with E-state index in [-0.39, 0.29) is 33.3 Å². The summed E-state index contributed by atoms with van der Waals surface area (Å²) in [5.74, 6) is -0.356. The van der Waals surface area contributed by atoms with Crippen molar-refractivity contribution in [1.29, 1.82) is 0 Å². The van der Waals surface area contributed by atoms with Crippen LogP contribution in [-0.4, -0.2) is 34.2 Å². The molecule has 0 bridgehead atoms. The van der Waals surface area contributed by atoms with Crippen molar-refractivity contribution in [3.8, 4) is 11.6 Å². The molecule has 1 unspecified atom stereocenters. The first-order valence-corrected chi connectivity index (χ1v) is 9.92. The normalized spacial score (nSPS) is 13.9. The van der Waals surface area contributed by atoms with Gasteiger partial charge in [-0.2, -0.15) is 0 Å². The Morgan fingerprint density at radius 1 is 1.35 bits per heavy atom. The van der Waals surface area contributed by atoms with Gasteiger partial charge in [-0.05, 0) is 18.2 Å². The number of aromatic nitrogens is 2. The fourth-order valence-electron chi connectivity index (χ4n) is 2.16. The number of benzene rings is 1. The van der Waals surface area contributed by atoms with Gasteiger partial charge in [0.2, 0.25) is 5.89 Å². The van der Waals surface area contributed by atoms with Crippen molar-refractivity contribution in [1.82, 2.24) is 9.97 Å². The number of hydrogen-bond donors (Lipinski definition) is 0. The second kappa shape index (κ2) is 6.56. The lowest BCUT2D eigenvalue weighted by atomic mass is 10.3. The summed E-state index contributed by atoms with van der Waals surface area (Å²) in [6.07, 6.45) is 1.23. The summed E-state index contributed by atoms with van der Waals surface area (Å²) in [5, 5.41) is 0. The van der Waals surface area contributed by atoms with Gasteiger partial charge in [0, 0.05) is 18.3 Å². The van der Waals surface area contributed by atoms with Gasteiger partial charge in [-0.3, -0.25) is 0 Å². The van der Waals surface area contributed by atoms with Gasteiger partial charge in [-0.15, -0.1) is 13.2 Å². The van der Waals surface area contributed by atoms with E-state index in [9.17, 15) is 26.1 Å². The molecule has 3 aromatic rings. The Hall–Kier alpha value is -2.11. The van der Waals surface area contributed by atoms with Gasteiger partial charge in [-0.25, -0.2) is 18.4 Å². The first-order chi connectivity index (χ1) is 12.1. The number of hydrogen-bond acceptors (Lipinski definition) is 6. The summed E-state index contributed by atoms with van der Waals surface area (Å²) in [4.78, 5) is 7.30. The molecule has 0 saturated carbocycles. The van der Waals surface area contributed by atoms with Crippen LogP contribution in [0.5, 0.6) is 0 Å². The molecule has 137 valence electrons. The van der Waals surface area contributed by atoms with Crippen molar-refractivity contribution >= 4 is 32.1 Å². The van der Waals surface area contributed by atoms with Crippen molar-refractivity contribution in [2.75, 3.05) is 5.75 Å². The first kappa shape index (κ1) is 18.7. The van der Waals surface area contributed by atoms with Crippen molar-refractivity contribution in [2.24, 2.45) is 0 Å². The number of alkyl halides is 3. The molecule has 0 aliphatic rings. The van der Waals surface area contributed by atoms with E-state index in [1.807, 2.05) is 0 Å². The van der Waals surface area contributed by atoms with Crippen molar-refractivity contribution < 1.29 is 30.6 Å². The van der Waals surface area contributed by atoms with Gasteiger partial charge >= 0.3 is 5.51 Å². The molecule has 2 heterocycles. The first-order valence-electron chi connectivity index (χ1n) is 7.12. The molecule has 1 aromatic carbocycles. The van der Waals surface area contributed by atoms with Crippen LogP contribution >= 0.6 is 0 Å². The Balaban J connectivity index is 2.12. The van der Waals surface area contributed by atoms with Crippen molar-refractivity contribution in [3.63, 3.8) is 0 Å². The zero-order valence-corrected chi connectivity index (χ0v) is 14.7. The molecule has 0 fully saturated rings. The van der Waals surface area contributed by atoms with Gasteiger partial charge in [-0.1, -0.05) is 6.92 Å². The molecule has 0 aliphatic heterocycles. The smallest absolute Gasteiger partial charge is 0.578 e. The lowest BCUT2D eigenvalue weighted by molar-refractivity contribution is -0.0435. The van der Waals surface area contributed by atoms with E-state index in [0.717, 1.165) is 12.1 Å². The highest BCUT2D eigenvalue weighted by atomic mass is 32.2. The predicted octanol–water partition coefficient (Wildman–Crippen LogP) is 3.11. The number of nitrogens with zero attached hydrogens (tertiary/aromatic N) is 2. The van der Waals surface area contributed by atoms with E-state index >= 15 is 0 Å². The number of fused-ring (bicyclic) bond motifs is 1. The van der Waals surface area contributed by atoms with Crippen LogP contribution in [0.1, 0.15) is 6.92 Å². The number of sulfone groups is 1. The van der Waals surface area contributed by atoms with Crippen LogP contribution in [0, 0.1) is 6.07 Å². The summed E-state index contributed by atoms with van der Waals surface area (Å²) in [7, 11) is -3.65. The minimum Gasteiger partial charge on any atom is -0.604 e. The Morgan fingerprint density at radius 3 is 2.73 bits per heavy atom. The van der Waals surface area contributed by atoms with E-state index in [1.165, 1.54) is 25.3 Å². The molecule has 0 saturated heterocycles. The number of halogens is 3. The lowest BCUT2D eigenvalue weighted by Gasteiger charge is -2.11. The molecule has 0 N–H and O–H groups in total. The van der Waals surface area contributed by atoms with Crippen molar-refractivity contribution in [2.45, 2.75) is 22.2 Å². The Labute approximate surface area is 149 Å². The third-order valence-electron chi connectivity index (χ3n) is 3.42. The predicted molar refractivity (Wildman–Crippen MR) is 86.3 cm³/mol. The third-order valence-corrected chi connectivity index (χ3v) is 6.26. The van der Waals surface area contributed by atoms with Crippen LogP contribution in [-0.2, 0) is 21.0 Å². The van der Waals surface area contributed by atoms with Crippen LogP contribution in [0.15, 0.2) is 44.7 Å². The Morgan fingerprint density at radius 2 is 2.08 bits per heavy atom. The van der Waals surface area contributed by atoms with Crippen molar-refractivity contribution in [3.05, 3.63) is 36.5 Å². The largest absolute Gasteiger partial charge is 0.604 e. The van der Waals surface area contributed by atoms with Crippen LogP contribution < -0.4 is 0 Å². The summed E-state index contributed by atoms with van der Waals surface area (Å²) < 4.78 is 79.0. The van der Waals surface area contributed by atoms with E-state index in [0.29, 0.717) is 0 Å². The van der Waals surface area contributed by atoms with E-state index in [2.05, 4.69) is 16.0 Å². The SMILES string of the molecule is CCS(=O)(=O)c1c[c]cnc1-c1nc2cc([S+]([O-])C(F)(F)F)ccc2o1. The molecule has 0 amide bonds. The molecule has 26 heavy (non-hydrogen) atoms. The number of oxazole rings is 1. The second-order valence-corrected chi connectivity index (χ2v) is 8.77. The topological polar surface area (TPSA) is 96.1 Å². The zero-order valence-electron chi connectivity index (χ0n) is 13.1. The van der Waals surface area contributed by atoms with Crippen LogP contribution in [0.25, 0.3) is 22.7 Å². The highest BCUT2D eigenvalue weighted by Crippen LogP contribution is 2.33. The van der Waals surface area contributed by atoms with Gasteiger partial charge in [0.25, 0.3) is 0 Å². The minimum atomic E-state index is -4.90. The summed E-state index contributed by atoms with van der Waals surface area (Å²) in [5.41, 5.74) is -4.86. The zero-order chi connectivity index (χ0) is 19.1. The molecule has 1 atom stereocenters. The van der Waals surface area contributed by atoms with E-state index in [1.54, 1.807) is 0 Å². The highest BCUT2D eigenvalue weighted by Gasteiger charge is 2.46. The third kappa shape index (κ3) is 3.41. The van der Waals surface area contributed by atoms with Gasteiger partial charge in [0.1, 0.15) is 11.2 Å². The highest BCUT2D eigenvalue weighted by molar-refractivity contribution is 7.92. The Kier molecular flexibility index (Phi) is 4.71.